The maximum absolute atomic E-state index is 11.4. The largest absolute Gasteiger partial charge is 0.478 e. The number of hydrogen-bond donors (Lipinski definition) is 1. The molecular formula is C14H21NO3. The first-order valence-electron chi connectivity index (χ1n) is 6.70. The second-order valence-electron chi connectivity index (χ2n) is 4.97. The summed E-state index contributed by atoms with van der Waals surface area (Å²) >= 11 is 0. The monoisotopic (exact) mass is 251 g/mol. The predicted molar refractivity (Wildman–Crippen MR) is 68.9 cm³/mol. The number of carboxylic acids is 1. The van der Waals surface area contributed by atoms with Gasteiger partial charge in [-0.2, -0.15) is 0 Å². The molecule has 1 fully saturated rings. The first kappa shape index (κ1) is 13.1. The molecule has 0 atom stereocenters. The highest BCUT2D eigenvalue weighted by Crippen LogP contribution is 2.26. The maximum Gasteiger partial charge on any atom is 0.339 e. The van der Waals surface area contributed by atoms with Crippen molar-refractivity contribution in [2.24, 2.45) is 0 Å². The van der Waals surface area contributed by atoms with Gasteiger partial charge in [-0.3, -0.25) is 4.90 Å². The van der Waals surface area contributed by atoms with E-state index in [2.05, 4.69) is 11.8 Å². The molecular weight excluding hydrogens is 230 g/mol. The van der Waals surface area contributed by atoms with Gasteiger partial charge in [-0.05, 0) is 39.3 Å². The van der Waals surface area contributed by atoms with Gasteiger partial charge in [0.1, 0.15) is 17.1 Å². The Morgan fingerprint density at radius 2 is 2.06 bits per heavy atom. The molecule has 0 amide bonds. The molecule has 2 heterocycles. The summed E-state index contributed by atoms with van der Waals surface area (Å²) < 4.78 is 5.65. The molecule has 0 saturated carbocycles. The van der Waals surface area contributed by atoms with E-state index in [0.29, 0.717) is 17.9 Å². The highest BCUT2D eigenvalue weighted by Gasteiger charge is 2.25. The number of hydrogen-bond acceptors (Lipinski definition) is 3. The fourth-order valence-corrected chi connectivity index (χ4v) is 2.69. The van der Waals surface area contributed by atoms with Gasteiger partial charge in [-0.15, -0.1) is 0 Å². The average Bonchev–Trinajstić information content (AvgIpc) is 2.89. The van der Waals surface area contributed by atoms with Gasteiger partial charge < -0.3 is 9.52 Å². The summed E-state index contributed by atoms with van der Waals surface area (Å²) in [5.41, 5.74) is 1.27. The van der Waals surface area contributed by atoms with E-state index in [1.54, 1.807) is 6.92 Å². The zero-order valence-electron chi connectivity index (χ0n) is 11.2. The van der Waals surface area contributed by atoms with E-state index in [-0.39, 0.29) is 0 Å². The standard InChI is InChI=1S/C14H21NO3/c1-3-6-12-11(9-15-7-4-5-8-15)13(14(16)17)10(2)18-12/h3-9H2,1-2H3,(H,16,17). The molecule has 4 heteroatoms. The van der Waals surface area contributed by atoms with Gasteiger partial charge in [0, 0.05) is 18.5 Å². The molecule has 2 rings (SSSR count). The summed E-state index contributed by atoms with van der Waals surface area (Å²) in [6.07, 6.45) is 4.21. The second-order valence-corrected chi connectivity index (χ2v) is 4.97. The number of carbonyl (C=O) groups is 1. The number of likely N-dealkylation sites (tertiary alicyclic amines) is 1. The lowest BCUT2D eigenvalue weighted by Gasteiger charge is -2.15. The number of nitrogens with zero attached hydrogens (tertiary/aromatic N) is 1. The summed E-state index contributed by atoms with van der Waals surface area (Å²) in [5, 5.41) is 9.32. The molecule has 1 aromatic heterocycles. The maximum atomic E-state index is 11.4. The van der Waals surface area contributed by atoms with Crippen LogP contribution in [0.25, 0.3) is 0 Å². The minimum atomic E-state index is -0.868. The van der Waals surface area contributed by atoms with Crippen molar-refractivity contribution in [3.8, 4) is 0 Å². The van der Waals surface area contributed by atoms with Crippen LogP contribution in [0.5, 0.6) is 0 Å². The van der Waals surface area contributed by atoms with Crippen molar-refractivity contribution in [1.29, 1.82) is 0 Å². The molecule has 1 N–H and O–H groups in total. The molecule has 0 aromatic carbocycles. The van der Waals surface area contributed by atoms with Gasteiger partial charge in [-0.25, -0.2) is 4.79 Å². The van der Waals surface area contributed by atoms with E-state index in [9.17, 15) is 9.90 Å². The van der Waals surface area contributed by atoms with Crippen molar-refractivity contribution in [1.82, 2.24) is 4.90 Å². The van der Waals surface area contributed by atoms with Crippen LogP contribution in [0.15, 0.2) is 4.42 Å². The van der Waals surface area contributed by atoms with Gasteiger partial charge in [0.05, 0.1) is 0 Å². The minimum absolute atomic E-state index is 0.380. The molecule has 4 nitrogen and oxygen atoms in total. The first-order valence-corrected chi connectivity index (χ1v) is 6.70. The first-order chi connectivity index (χ1) is 8.63. The topological polar surface area (TPSA) is 53.7 Å². The lowest BCUT2D eigenvalue weighted by Crippen LogP contribution is -2.20. The Bertz CT molecular complexity index is 430. The highest BCUT2D eigenvalue weighted by molar-refractivity contribution is 5.90. The number of carboxylic acid groups (broad SMARTS) is 1. The molecule has 0 bridgehead atoms. The Morgan fingerprint density at radius 1 is 1.39 bits per heavy atom. The predicted octanol–water partition coefficient (Wildman–Crippen LogP) is 2.83. The number of aryl methyl sites for hydroxylation is 2. The molecule has 1 aliphatic heterocycles. The van der Waals surface area contributed by atoms with Crippen molar-refractivity contribution in [2.75, 3.05) is 13.1 Å². The third kappa shape index (κ3) is 2.58. The van der Waals surface area contributed by atoms with E-state index < -0.39 is 5.97 Å². The van der Waals surface area contributed by atoms with Crippen LogP contribution < -0.4 is 0 Å². The van der Waals surface area contributed by atoms with E-state index in [0.717, 1.165) is 37.3 Å². The van der Waals surface area contributed by atoms with E-state index in [1.807, 2.05) is 0 Å². The van der Waals surface area contributed by atoms with Crippen molar-refractivity contribution in [3.05, 3.63) is 22.6 Å². The minimum Gasteiger partial charge on any atom is -0.478 e. The Labute approximate surface area is 108 Å². The fraction of sp³-hybridized carbons (Fsp3) is 0.643. The summed E-state index contributed by atoms with van der Waals surface area (Å²) in [7, 11) is 0. The zero-order valence-corrected chi connectivity index (χ0v) is 11.2. The van der Waals surface area contributed by atoms with Crippen molar-refractivity contribution in [3.63, 3.8) is 0 Å². The lowest BCUT2D eigenvalue weighted by atomic mass is 10.1. The van der Waals surface area contributed by atoms with Crippen LogP contribution in [0.1, 0.15) is 53.6 Å². The van der Waals surface area contributed by atoms with E-state index in [4.69, 9.17) is 4.42 Å². The Morgan fingerprint density at radius 3 is 2.61 bits per heavy atom. The van der Waals surface area contributed by atoms with E-state index >= 15 is 0 Å². The Kier molecular flexibility index (Phi) is 4.07. The smallest absolute Gasteiger partial charge is 0.339 e. The van der Waals surface area contributed by atoms with Gasteiger partial charge >= 0.3 is 5.97 Å². The SMILES string of the molecule is CCCc1oc(C)c(C(=O)O)c1CN1CCCC1. The quantitative estimate of drug-likeness (QED) is 0.874. The van der Waals surface area contributed by atoms with Crippen LogP contribution in [-0.4, -0.2) is 29.1 Å². The van der Waals surface area contributed by atoms with E-state index in [1.165, 1.54) is 12.8 Å². The molecule has 0 aliphatic carbocycles. The lowest BCUT2D eigenvalue weighted by molar-refractivity contribution is 0.0693. The molecule has 0 radical (unpaired) electrons. The van der Waals surface area contributed by atoms with Crippen LogP contribution in [-0.2, 0) is 13.0 Å². The fourth-order valence-electron chi connectivity index (χ4n) is 2.69. The number of furan rings is 1. The molecule has 18 heavy (non-hydrogen) atoms. The zero-order chi connectivity index (χ0) is 13.1. The number of rotatable bonds is 5. The van der Waals surface area contributed by atoms with Crippen molar-refractivity contribution < 1.29 is 14.3 Å². The van der Waals surface area contributed by atoms with Gasteiger partial charge in [0.2, 0.25) is 0 Å². The molecule has 0 unspecified atom stereocenters. The van der Waals surface area contributed by atoms with Gasteiger partial charge in [0.15, 0.2) is 0 Å². The second kappa shape index (κ2) is 5.57. The van der Waals surface area contributed by atoms with Crippen LogP contribution in [0, 0.1) is 6.92 Å². The summed E-state index contributed by atoms with van der Waals surface area (Å²) in [5.74, 6) is 0.534. The van der Waals surface area contributed by atoms with Crippen LogP contribution >= 0.6 is 0 Å². The average molecular weight is 251 g/mol. The normalized spacial score (nSPS) is 16.3. The molecule has 1 aliphatic rings. The number of aromatic carboxylic acids is 1. The van der Waals surface area contributed by atoms with Crippen molar-refractivity contribution in [2.45, 2.75) is 46.1 Å². The Hall–Kier alpha value is -1.29. The van der Waals surface area contributed by atoms with Crippen LogP contribution in [0.2, 0.25) is 0 Å². The van der Waals surface area contributed by atoms with Gasteiger partial charge in [0.25, 0.3) is 0 Å². The summed E-state index contributed by atoms with van der Waals surface area (Å²) in [6.45, 7) is 6.67. The molecule has 1 saturated heterocycles. The van der Waals surface area contributed by atoms with Gasteiger partial charge in [-0.1, -0.05) is 6.92 Å². The summed E-state index contributed by atoms with van der Waals surface area (Å²) in [6, 6.07) is 0. The van der Waals surface area contributed by atoms with Crippen LogP contribution in [0.4, 0.5) is 0 Å². The summed E-state index contributed by atoms with van der Waals surface area (Å²) in [4.78, 5) is 13.7. The third-order valence-corrected chi connectivity index (χ3v) is 3.54. The van der Waals surface area contributed by atoms with Crippen molar-refractivity contribution >= 4 is 5.97 Å². The third-order valence-electron chi connectivity index (χ3n) is 3.54. The molecule has 100 valence electrons. The molecule has 1 aromatic rings. The molecule has 0 spiro atoms. The van der Waals surface area contributed by atoms with Crippen LogP contribution in [0.3, 0.4) is 0 Å². The Balaban J connectivity index is 2.30. The highest BCUT2D eigenvalue weighted by atomic mass is 16.4.